The Hall–Kier alpha value is -3.67. The molecule has 0 spiro atoms. The van der Waals surface area contributed by atoms with Crippen molar-refractivity contribution in [2.24, 2.45) is 0 Å². The number of urea groups is 1. The molecule has 0 atom stereocenters. The number of benzene rings is 2. The van der Waals surface area contributed by atoms with Gasteiger partial charge >= 0.3 is 6.03 Å². The van der Waals surface area contributed by atoms with Gasteiger partial charge in [-0.3, -0.25) is 19.8 Å². The van der Waals surface area contributed by atoms with Gasteiger partial charge in [0.1, 0.15) is 23.8 Å². The van der Waals surface area contributed by atoms with Gasteiger partial charge in [0.05, 0.1) is 23.5 Å². The Labute approximate surface area is 207 Å². The highest BCUT2D eigenvalue weighted by Crippen LogP contribution is 2.35. The van der Waals surface area contributed by atoms with Crippen molar-refractivity contribution in [1.29, 1.82) is 0 Å². The number of carbonyl (C=O) groups excluding carboxylic acids is 3. The fourth-order valence-corrected chi connectivity index (χ4v) is 4.04. The molecule has 0 radical (unpaired) electrons. The van der Waals surface area contributed by atoms with Crippen LogP contribution in [0.4, 0.5) is 9.18 Å². The van der Waals surface area contributed by atoms with E-state index in [2.05, 4.69) is 27.9 Å². The highest BCUT2D eigenvalue weighted by Gasteiger charge is 2.36. The van der Waals surface area contributed by atoms with E-state index in [1.807, 2.05) is 0 Å². The number of nitrogens with one attached hydrogen (secondary N) is 1. The van der Waals surface area contributed by atoms with Crippen molar-refractivity contribution in [3.63, 3.8) is 0 Å². The van der Waals surface area contributed by atoms with E-state index in [1.54, 1.807) is 36.4 Å². The zero-order chi connectivity index (χ0) is 24.2. The number of ether oxygens (including phenoxy) is 2. The average Bonchev–Trinajstić information content (AvgIpc) is 3.33. The number of hydrogen-bond donors (Lipinski definition) is 1. The van der Waals surface area contributed by atoms with Crippen molar-refractivity contribution in [3.05, 3.63) is 86.6 Å². The van der Waals surface area contributed by atoms with Crippen LogP contribution < -0.4 is 14.8 Å². The van der Waals surface area contributed by atoms with Crippen LogP contribution in [0.1, 0.15) is 16.9 Å². The number of carbonyl (C=O) groups is 3. The zero-order valence-electron chi connectivity index (χ0n) is 17.8. The smallest absolute Gasteiger partial charge is 0.331 e. The van der Waals surface area contributed by atoms with E-state index in [9.17, 15) is 18.8 Å². The highest BCUT2D eigenvalue weighted by molar-refractivity contribution is 14.1. The van der Waals surface area contributed by atoms with Crippen LogP contribution in [0.15, 0.2) is 64.8 Å². The summed E-state index contributed by atoms with van der Waals surface area (Å²) in [5.41, 5.74) is 1.07. The maximum Gasteiger partial charge on any atom is 0.331 e. The van der Waals surface area contributed by atoms with Crippen LogP contribution in [0.25, 0.3) is 6.08 Å². The lowest BCUT2D eigenvalue weighted by atomic mass is 10.1. The summed E-state index contributed by atoms with van der Waals surface area (Å²) in [4.78, 5) is 38.4. The lowest BCUT2D eigenvalue weighted by Crippen LogP contribution is -2.53. The summed E-state index contributed by atoms with van der Waals surface area (Å²) < 4.78 is 30.3. The maximum atomic E-state index is 13.1. The molecule has 3 aromatic rings. The number of hydrogen-bond acceptors (Lipinski definition) is 6. The predicted octanol–water partition coefficient (Wildman–Crippen LogP) is 4.27. The third-order valence-electron chi connectivity index (χ3n) is 4.94. The Balaban J connectivity index is 1.59. The van der Waals surface area contributed by atoms with Gasteiger partial charge in [-0.15, -0.1) is 0 Å². The quantitative estimate of drug-likeness (QED) is 0.257. The number of methoxy groups -OCH3 is 1. The molecule has 0 saturated carbocycles. The SMILES string of the molecule is COc1cc(/C=C2\C(=O)NC(=O)N(Cc3ccco3)C2=O)cc(I)c1OCc1ccc(F)cc1. The lowest BCUT2D eigenvalue weighted by Gasteiger charge is -2.25. The van der Waals surface area contributed by atoms with Crippen LogP contribution in [0.5, 0.6) is 11.5 Å². The molecule has 4 amide bonds. The number of rotatable bonds is 7. The minimum atomic E-state index is -0.819. The second kappa shape index (κ2) is 10.1. The first-order chi connectivity index (χ1) is 16.4. The summed E-state index contributed by atoms with van der Waals surface area (Å²) in [5.74, 6) is -0.626. The van der Waals surface area contributed by atoms with E-state index < -0.39 is 17.8 Å². The minimum Gasteiger partial charge on any atom is -0.493 e. The van der Waals surface area contributed by atoms with Crippen molar-refractivity contribution in [1.82, 2.24) is 10.2 Å². The molecule has 174 valence electrons. The monoisotopic (exact) mass is 576 g/mol. The lowest BCUT2D eigenvalue weighted by molar-refractivity contribution is -0.130. The Morgan fingerprint density at radius 1 is 1.15 bits per heavy atom. The number of halogens is 2. The third kappa shape index (κ3) is 5.11. The van der Waals surface area contributed by atoms with Crippen molar-refractivity contribution in [3.8, 4) is 11.5 Å². The van der Waals surface area contributed by atoms with E-state index in [0.29, 0.717) is 26.4 Å². The van der Waals surface area contributed by atoms with Crippen LogP contribution >= 0.6 is 22.6 Å². The summed E-state index contributed by atoms with van der Waals surface area (Å²) in [6.07, 6.45) is 2.81. The standard InChI is InChI=1S/C24H18FIN2O6/c1-32-20-11-15(10-19(26)21(20)34-13-14-4-6-16(25)7-5-14)9-18-22(29)27-24(31)28(23(18)30)12-17-3-2-8-33-17/h2-11H,12-13H2,1H3,(H,27,29,31)/b18-9+. The number of nitrogens with zero attached hydrogens (tertiary/aromatic N) is 1. The number of barbiturate groups is 1. The molecule has 1 N–H and O–H groups in total. The van der Waals surface area contributed by atoms with Gasteiger partial charge < -0.3 is 13.9 Å². The second-order valence-electron chi connectivity index (χ2n) is 7.24. The van der Waals surface area contributed by atoms with Crippen LogP contribution in [-0.2, 0) is 22.7 Å². The fourth-order valence-electron chi connectivity index (χ4n) is 3.26. The molecule has 0 aliphatic carbocycles. The molecule has 2 heterocycles. The molecule has 8 nitrogen and oxygen atoms in total. The third-order valence-corrected chi connectivity index (χ3v) is 5.74. The molecule has 1 saturated heterocycles. The zero-order valence-corrected chi connectivity index (χ0v) is 20.0. The molecule has 0 bridgehead atoms. The molecular formula is C24H18FIN2O6. The van der Waals surface area contributed by atoms with Gasteiger partial charge in [-0.05, 0) is 76.2 Å². The first-order valence-electron chi connectivity index (χ1n) is 10.0. The first kappa shape index (κ1) is 23.5. The topological polar surface area (TPSA) is 98.1 Å². The molecule has 10 heteroatoms. The number of furan rings is 1. The normalized spacial score (nSPS) is 15.0. The second-order valence-corrected chi connectivity index (χ2v) is 8.40. The van der Waals surface area contributed by atoms with E-state index in [1.165, 1.54) is 31.6 Å². The van der Waals surface area contributed by atoms with Gasteiger partial charge in [0.2, 0.25) is 0 Å². The molecular weight excluding hydrogens is 558 g/mol. The molecule has 4 rings (SSSR count). The first-order valence-corrected chi connectivity index (χ1v) is 11.1. The summed E-state index contributed by atoms with van der Waals surface area (Å²) in [6, 6.07) is 11.7. The van der Waals surface area contributed by atoms with Gasteiger partial charge in [0.15, 0.2) is 11.5 Å². The predicted molar refractivity (Wildman–Crippen MR) is 127 cm³/mol. The summed E-state index contributed by atoms with van der Waals surface area (Å²) in [7, 11) is 1.47. The van der Waals surface area contributed by atoms with Crippen molar-refractivity contribution < 1.29 is 32.7 Å². The summed E-state index contributed by atoms with van der Waals surface area (Å²) in [5, 5.41) is 2.17. The number of imide groups is 2. The fraction of sp³-hybridized carbons (Fsp3) is 0.125. The largest absolute Gasteiger partial charge is 0.493 e. The molecule has 0 unspecified atom stereocenters. The van der Waals surface area contributed by atoms with Gasteiger partial charge in [0.25, 0.3) is 11.8 Å². The van der Waals surface area contributed by atoms with Gasteiger partial charge in [-0.25, -0.2) is 9.18 Å². The van der Waals surface area contributed by atoms with Crippen LogP contribution in [0.3, 0.4) is 0 Å². The van der Waals surface area contributed by atoms with Gasteiger partial charge in [-0.2, -0.15) is 0 Å². The van der Waals surface area contributed by atoms with Gasteiger partial charge in [0, 0.05) is 0 Å². The van der Waals surface area contributed by atoms with Gasteiger partial charge in [-0.1, -0.05) is 12.1 Å². The van der Waals surface area contributed by atoms with Crippen LogP contribution in [0.2, 0.25) is 0 Å². The number of amides is 4. The van der Waals surface area contributed by atoms with E-state index in [-0.39, 0.29) is 24.5 Å². The Kier molecular flexibility index (Phi) is 6.96. The maximum absolute atomic E-state index is 13.1. The Bertz CT molecular complexity index is 1270. The van der Waals surface area contributed by atoms with Crippen LogP contribution in [-0.4, -0.2) is 29.9 Å². The summed E-state index contributed by atoms with van der Waals surface area (Å²) >= 11 is 2.05. The molecule has 1 aliphatic heterocycles. The Morgan fingerprint density at radius 3 is 2.59 bits per heavy atom. The van der Waals surface area contributed by atoms with E-state index in [4.69, 9.17) is 13.9 Å². The van der Waals surface area contributed by atoms with E-state index in [0.717, 1.165) is 10.5 Å². The highest BCUT2D eigenvalue weighted by atomic mass is 127. The van der Waals surface area contributed by atoms with Crippen LogP contribution in [0, 0.1) is 9.39 Å². The molecule has 2 aromatic carbocycles. The van der Waals surface area contributed by atoms with Crippen molar-refractivity contribution in [2.75, 3.05) is 7.11 Å². The minimum absolute atomic E-state index is 0.112. The molecule has 1 fully saturated rings. The molecule has 1 aliphatic rings. The van der Waals surface area contributed by atoms with E-state index >= 15 is 0 Å². The Morgan fingerprint density at radius 2 is 1.91 bits per heavy atom. The molecule has 34 heavy (non-hydrogen) atoms. The summed E-state index contributed by atoms with van der Waals surface area (Å²) in [6.45, 7) is 0.0805. The van der Waals surface area contributed by atoms with Crippen molar-refractivity contribution >= 4 is 46.5 Å². The average molecular weight is 576 g/mol. The molecule has 1 aromatic heterocycles. The van der Waals surface area contributed by atoms with Crippen molar-refractivity contribution in [2.45, 2.75) is 13.2 Å².